The molecule has 1 aromatic carbocycles. The van der Waals surface area contributed by atoms with Gasteiger partial charge in [-0.2, -0.15) is 0 Å². The molecule has 2 heteroatoms. The lowest BCUT2D eigenvalue weighted by atomic mass is 9.98. The van der Waals surface area contributed by atoms with Gasteiger partial charge in [0.2, 0.25) is 0 Å². The molecule has 2 nitrogen and oxygen atoms in total. The first-order chi connectivity index (χ1) is 8.29. The van der Waals surface area contributed by atoms with Gasteiger partial charge in [-0.1, -0.05) is 29.8 Å². The Hall–Kier alpha value is -1.67. The summed E-state index contributed by atoms with van der Waals surface area (Å²) in [5.74, 6) is 0. The molecule has 1 aromatic heterocycles. The number of aromatic nitrogens is 1. The second-order valence-corrected chi connectivity index (χ2v) is 4.34. The van der Waals surface area contributed by atoms with Gasteiger partial charge >= 0.3 is 0 Å². The van der Waals surface area contributed by atoms with E-state index in [1.54, 1.807) is 0 Å². The van der Waals surface area contributed by atoms with Crippen LogP contribution in [-0.2, 0) is 13.0 Å². The van der Waals surface area contributed by atoms with Crippen LogP contribution in [0.25, 0.3) is 0 Å². The summed E-state index contributed by atoms with van der Waals surface area (Å²) in [5, 5.41) is 3.21. The van der Waals surface area contributed by atoms with Gasteiger partial charge in [-0.3, -0.25) is 4.98 Å². The molecule has 0 aliphatic rings. The molecule has 0 fully saturated rings. The fourth-order valence-corrected chi connectivity index (χ4v) is 2.00. The van der Waals surface area contributed by atoms with E-state index >= 15 is 0 Å². The van der Waals surface area contributed by atoms with Crippen molar-refractivity contribution in [2.75, 3.05) is 7.05 Å². The van der Waals surface area contributed by atoms with Crippen molar-refractivity contribution in [3.8, 4) is 0 Å². The van der Waals surface area contributed by atoms with Crippen LogP contribution in [0.2, 0.25) is 0 Å². The Labute approximate surface area is 103 Å². The third kappa shape index (κ3) is 3.14. The Balaban J connectivity index is 2.27. The van der Waals surface area contributed by atoms with Crippen molar-refractivity contribution in [2.45, 2.75) is 19.9 Å². The number of nitrogens with zero attached hydrogens (tertiary/aromatic N) is 1. The lowest BCUT2D eigenvalue weighted by molar-refractivity contribution is 0.807. The predicted molar refractivity (Wildman–Crippen MR) is 71.0 cm³/mol. The first-order valence-corrected chi connectivity index (χ1v) is 5.91. The predicted octanol–water partition coefficient (Wildman–Crippen LogP) is 2.70. The molecular formula is C15H18N2. The summed E-state index contributed by atoms with van der Waals surface area (Å²) >= 11 is 0. The Morgan fingerprint density at radius 3 is 2.76 bits per heavy atom. The van der Waals surface area contributed by atoms with Crippen molar-refractivity contribution < 1.29 is 0 Å². The second kappa shape index (κ2) is 5.60. The molecule has 0 bridgehead atoms. The van der Waals surface area contributed by atoms with Gasteiger partial charge in [0, 0.05) is 18.9 Å². The molecule has 1 N–H and O–H groups in total. The molecule has 2 rings (SSSR count). The van der Waals surface area contributed by atoms with Crippen LogP contribution in [0.1, 0.15) is 22.3 Å². The fourth-order valence-electron chi connectivity index (χ4n) is 2.00. The maximum absolute atomic E-state index is 4.16. The fraction of sp³-hybridized carbons (Fsp3) is 0.267. The van der Waals surface area contributed by atoms with E-state index in [1.165, 1.54) is 22.3 Å². The molecule has 0 aliphatic carbocycles. The number of benzene rings is 1. The van der Waals surface area contributed by atoms with Crippen LogP contribution in [0, 0.1) is 6.92 Å². The van der Waals surface area contributed by atoms with Crippen molar-refractivity contribution in [2.24, 2.45) is 0 Å². The van der Waals surface area contributed by atoms with Crippen molar-refractivity contribution in [1.29, 1.82) is 0 Å². The summed E-state index contributed by atoms with van der Waals surface area (Å²) in [7, 11) is 1.98. The smallest absolute Gasteiger partial charge is 0.0303 e. The zero-order valence-corrected chi connectivity index (χ0v) is 10.4. The van der Waals surface area contributed by atoms with E-state index in [4.69, 9.17) is 0 Å². The second-order valence-electron chi connectivity index (χ2n) is 4.34. The minimum atomic E-state index is 0.913. The average molecular weight is 226 g/mol. The van der Waals surface area contributed by atoms with Crippen molar-refractivity contribution >= 4 is 0 Å². The van der Waals surface area contributed by atoms with E-state index in [0.717, 1.165) is 13.0 Å². The Bertz CT molecular complexity index is 478. The third-order valence-electron chi connectivity index (χ3n) is 2.85. The quantitative estimate of drug-likeness (QED) is 0.867. The van der Waals surface area contributed by atoms with Gasteiger partial charge in [0.05, 0.1) is 0 Å². The Morgan fingerprint density at radius 1 is 1.18 bits per heavy atom. The molecule has 1 heterocycles. The molecule has 2 aromatic rings. The monoisotopic (exact) mass is 226 g/mol. The number of aryl methyl sites for hydroxylation is 1. The summed E-state index contributed by atoms with van der Waals surface area (Å²) in [4.78, 5) is 4.16. The highest BCUT2D eigenvalue weighted by Crippen LogP contribution is 2.16. The van der Waals surface area contributed by atoms with Gasteiger partial charge in [-0.25, -0.2) is 0 Å². The minimum absolute atomic E-state index is 0.913. The Kier molecular flexibility index (Phi) is 3.89. The normalized spacial score (nSPS) is 10.5. The SMILES string of the molecule is CNCc1ccc(C)cc1Cc1cccnc1. The molecule has 0 amide bonds. The van der Waals surface area contributed by atoms with Crippen LogP contribution >= 0.6 is 0 Å². The topological polar surface area (TPSA) is 24.9 Å². The highest BCUT2D eigenvalue weighted by molar-refractivity contribution is 5.35. The lowest BCUT2D eigenvalue weighted by Crippen LogP contribution is -2.08. The van der Waals surface area contributed by atoms with Crippen LogP contribution in [0.4, 0.5) is 0 Å². The van der Waals surface area contributed by atoms with Gasteiger partial charge < -0.3 is 5.32 Å². The molecule has 0 radical (unpaired) electrons. The van der Waals surface area contributed by atoms with Gasteiger partial charge in [-0.05, 0) is 43.1 Å². The van der Waals surface area contributed by atoms with E-state index in [0.29, 0.717) is 0 Å². The molecule has 88 valence electrons. The number of rotatable bonds is 4. The highest BCUT2D eigenvalue weighted by atomic mass is 14.8. The average Bonchev–Trinajstić information content (AvgIpc) is 2.34. The van der Waals surface area contributed by atoms with Crippen molar-refractivity contribution in [3.05, 3.63) is 65.0 Å². The highest BCUT2D eigenvalue weighted by Gasteiger charge is 2.03. The molecule has 0 spiro atoms. The molecular weight excluding hydrogens is 208 g/mol. The minimum Gasteiger partial charge on any atom is -0.316 e. The van der Waals surface area contributed by atoms with Gasteiger partial charge in [0.1, 0.15) is 0 Å². The summed E-state index contributed by atoms with van der Waals surface area (Å²) in [6.07, 6.45) is 4.70. The molecule has 0 unspecified atom stereocenters. The number of nitrogens with one attached hydrogen (secondary N) is 1. The van der Waals surface area contributed by atoms with E-state index in [-0.39, 0.29) is 0 Å². The maximum atomic E-state index is 4.16. The molecule has 0 saturated heterocycles. The summed E-state index contributed by atoms with van der Waals surface area (Å²) in [6.45, 7) is 3.05. The number of pyridine rings is 1. The van der Waals surface area contributed by atoms with E-state index in [2.05, 4.69) is 41.5 Å². The van der Waals surface area contributed by atoms with Gasteiger partial charge in [0.15, 0.2) is 0 Å². The van der Waals surface area contributed by atoms with Crippen LogP contribution in [0.3, 0.4) is 0 Å². The summed E-state index contributed by atoms with van der Waals surface area (Å²) in [5.41, 5.74) is 5.31. The van der Waals surface area contributed by atoms with Crippen LogP contribution in [-0.4, -0.2) is 12.0 Å². The van der Waals surface area contributed by atoms with Gasteiger partial charge in [0.25, 0.3) is 0 Å². The lowest BCUT2D eigenvalue weighted by Gasteiger charge is -2.10. The van der Waals surface area contributed by atoms with Crippen LogP contribution in [0.15, 0.2) is 42.7 Å². The van der Waals surface area contributed by atoms with Crippen LogP contribution in [0.5, 0.6) is 0 Å². The first-order valence-electron chi connectivity index (χ1n) is 5.91. The van der Waals surface area contributed by atoms with E-state index < -0.39 is 0 Å². The Morgan fingerprint density at radius 2 is 2.06 bits per heavy atom. The number of hydrogen-bond acceptors (Lipinski definition) is 2. The summed E-state index contributed by atoms with van der Waals surface area (Å²) < 4.78 is 0. The molecule has 0 aliphatic heterocycles. The standard InChI is InChI=1S/C15H18N2/c1-12-5-6-14(11-16-2)15(8-12)9-13-4-3-7-17-10-13/h3-8,10,16H,9,11H2,1-2H3. The maximum Gasteiger partial charge on any atom is 0.0303 e. The van der Waals surface area contributed by atoms with Crippen LogP contribution < -0.4 is 5.32 Å². The largest absolute Gasteiger partial charge is 0.316 e. The molecule has 0 saturated carbocycles. The number of hydrogen-bond donors (Lipinski definition) is 1. The zero-order valence-electron chi connectivity index (χ0n) is 10.4. The molecule has 17 heavy (non-hydrogen) atoms. The first kappa shape index (κ1) is 11.8. The molecule has 0 atom stereocenters. The summed E-state index contributed by atoms with van der Waals surface area (Å²) in [6, 6.07) is 10.7. The third-order valence-corrected chi connectivity index (χ3v) is 2.85. The van der Waals surface area contributed by atoms with E-state index in [1.807, 2.05) is 25.5 Å². The van der Waals surface area contributed by atoms with E-state index in [9.17, 15) is 0 Å². The van der Waals surface area contributed by atoms with Crippen molar-refractivity contribution in [3.63, 3.8) is 0 Å². The zero-order chi connectivity index (χ0) is 12.1. The van der Waals surface area contributed by atoms with Crippen molar-refractivity contribution in [1.82, 2.24) is 10.3 Å². The van der Waals surface area contributed by atoms with Gasteiger partial charge in [-0.15, -0.1) is 0 Å².